The maximum atomic E-state index is 13.3. The molecular weight excluding hydrogens is 366 g/mol. The number of carbonyl (C=O) groups excluding carboxylic acids is 1. The van der Waals surface area contributed by atoms with Crippen LogP contribution in [0.2, 0.25) is 0 Å². The number of hydrogen-bond donors (Lipinski definition) is 2. The minimum atomic E-state index is -0.160. The van der Waals surface area contributed by atoms with Crippen molar-refractivity contribution in [3.05, 3.63) is 6.07 Å². The summed E-state index contributed by atoms with van der Waals surface area (Å²) in [5, 5.41) is 6.81. The predicted molar refractivity (Wildman–Crippen MR) is 115 cm³/mol. The van der Waals surface area contributed by atoms with Gasteiger partial charge in [0, 0.05) is 51.9 Å². The van der Waals surface area contributed by atoms with Gasteiger partial charge in [0.2, 0.25) is 5.95 Å². The molecule has 0 spiro atoms. The Kier molecular flexibility index (Phi) is 5.54. The second-order valence-corrected chi connectivity index (χ2v) is 8.74. The number of Topliss-reactive ketones (excluding diaryl/α,β-unsaturated/α-hetero) is 1. The summed E-state index contributed by atoms with van der Waals surface area (Å²) < 4.78 is 0. The van der Waals surface area contributed by atoms with E-state index in [4.69, 9.17) is 9.97 Å². The molecule has 29 heavy (non-hydrogen) atoms. The fourth-order valence-electron chi connectivity index (χ4n) is 5.12. The zero-order chi connectivity index (χ0) is 19.6. The van der Waals surface area contributed by atoms with Gasteiger partial charge in [0.25, 0.3) is 0 Å². The van der Waals surface area contributed by atoms with E-state index in [1.165, 1.54) is 25.7 Å². The highest BCUT2D eigenvalue weighted by molar-refractivity contribution is 5.92. The van der Waals surface area contributed by atoms with E-state index in [0.29, 0.717) is 12.3 Å². The fourth-order valence-corrected chi connectivity index (χ4v) is 5.12. The zero-order valence-corrected chi connectivity index (χ0v) is 17.3. The zero-order valence-electron chi connectivity index (χ0n) is 17.3. The number of ketones is 1. The standard InChI is InChI=1S/C21H33N7O/c29-20(16-6-5-7-23-16)17-15-22-8-13-28(17)19-14-18(26-9-1-2-10-26)24-21(25-19)27-11-3-4-12-27/h14,16-17,22-23H,1-13,15H2. The van der Waals surface area contributed by atoms with Gasteiger partial charge in [-0.05, 0) is 45.1 Å². The number of nitrogens with one attached hydrogen (secondary N) is 2. The van der Waals surface area contributed by atoms with Gasteiger partial charge in [-0.1, -0.05) is 0 Å². The Morgan fingerprint density at radius 1 is 0.897 bits per heavy atom. The van der Waals surface area contributed by atoms with E-state index in [-0.39, 0.29) is 12.1 Å². The molecule has 2 unspecified atom stereocenters. The summed E-state index contributed by atoms with van der Waals surface area (Å²) in [4.78, 5) is 30.1. The van der Waals surface area contributed by atoms with Gasteiger partial charge in [-0.25, -0.2) is 0 Å². The average Bonchev–Trinajstić information content (AvgIpc) is 3.55. The molecule has 0 amide bonds. The molecule has 0 bridgehead atoms. The van der Waals surface area contributed by atoms with Crippen molar-refractivity contribution in [1.29, 1.82) is 0 Å². The van der Waals surface area contributed by atoms with Gasteiger partial charge in [-0.15, -0.1) is 0 Å². The van der Waals surface area contributed by atoms with Gasteiger partial charge in [-0.3, -0.25) is 4.79 Å². The number of aromatic nitrogens is 2. The number of rotatable bonds is 5. The average molecular weight is 400 g/mol. The summed E-state index contributed by atoms with van der Waals surface area (Å²) in [5.74, 6) is 3.09. The van der Waals surface area contributed by atoms with Crippen LogP contribution in [0.15, 0.2) is 6.07 Å². The summed E-state index contributed by atoms with van der Waals surface area (Å²) in [6.45, 7) is 7.50. The molecule has 5 rings (SSSR count). The third-order valence-electron chi connectivity index (χ3n) is 6.78. The summed E-state index contributed by atoms with van der Waals surface area (Å²) >= 11 is 0. The third kappa shape index (κ3) is 3.92. The molecule has 4 saturated heterocycles. The lowest BCUT2D eigenvalue weighted by Gasteiger charge is -2.38. The Morgan fingerprint density at radius 2 is 1.62 bits per heavy atom. The molecule has 1 aromatic rings. The van der Waals surface area contributed by atoms with Crippen molar-refractivity contribution >= 4 is 23.4 Å². The van der Waals surface area contributed by atoms with Crippen LogP contribution in [-0.2, 0) is 4.79 Å². The maximum absolute atomic E-state index is 13.3. The third-order valence-corrected chi connectivity index (χ3v) is 6.78. The number of piperazine rings is 1. The van der Waals surface area contributed by atoms with Gasteiger partial charge in [0.1, 0.15) is 17.7 Å². The summed E-state index contributed by atoms with van der Waals surface area (Å²) in [7, 11) is 0. The monoisotopic (exact) mass is 399 g/mol. The Bertz CT molecular complexity index is 689. The Balaban J connectivity index is 1.47. The summed E-state index contributed by atoms with van der Waals surface area (Å²) in [6, 6.07) is 1.95. The molecule has 4 aliphatic heterocycles. The minimum Gasteiger partial charge on any atom is -0.356 e. The highest BCUT2D eigenvalue weighted by Gasteiger charge is 2.36. The van der Waals surface area contributed by atoms with Crippen molar-refractivity contribution in [2.24, 2.45) is 0 Å². The van der Waals surface area contributed by atoms with E-state index in [1.807, 2.05) is 0 Å². The molecule has 2 atom stereocenters. The molecule has 4 fully saturated rings. The van der Waals surface area contributed by atoms with Gasteiger partial charge >= 0.3 is 0 Å². The molecule has 8 heteroatoms. The molecule has 0 radical (unpaired) electrons. The van der Waals surface area contributed by atoms with Crippen molar-refractivity contribution in [1.82, 2.24) is 20.6 Å². The van der Waals surface area contributed by atoms with Gasteiger partial charge in [0.15, 0.2) is 5.78 Å². The molecule has 4 aliphatic rings. The lowest BCUT2D eigenvalue weighted by molar-refractivity contribution is -0.122. The SMILES string of the molecule is O=C(C1CCCN1)C1CNCCN1c1cc(N2CCCC2)nc(N2CCCC2)n1. The number of carbonyl (C=O) groups is 1. The molecular formula is C21H33N7O. The first-order chi connectivity index (χ1) is 14.3. The fraction of sp³-hybridized carbons (Fsp3) is 0.762. The van der Waals surface area contributed by atoms with Crippen LogP contribution in [0.4, 0.5) is 17.6 Å². The molecule has 1 aromatic heterocycles. The lowest BCUT2D eigenvalue weighted by Crippen LogP contribution is -2.58. The molecule has 0 saturated carbocycles. The van der Waals surface area contributed by atoms with Crippen molar-refractivity contribution < 1.29 is 4.79 Å². The number of hydrogen-bond acceptors (Lipinski definition) is 8. The van der Waals surface area contributed by atoms with Crippen molar-refractivity contribution in [3.63, 3.8) is 0 Å². The quantitative estimate of drug-likeness (QED) is 0.752. The molecule has 0 aliphatic carbocycles. The normalized spacial score (nSPS) is 27.8. The Labute approximate surface area is 173 Å². The predicted octanol–water partition coefficient (Wildman–Crippen LogP) is 0.776. The van der Waals surface area contributed by atoms with Gasteiger partial charge < -0.3 is 25.3 Å². The Morgan fingerprint density at radius 3 is 2.34 bits per heavy atom. The maximum Gasteiger partial charge on any atom is 0.229 e. The summed E-state index contributed by atoms with van der Waals surface area (Å²) in [6.07, 6.45) is 6.89. The summed E-state index contributed by atoms with van der Waals surface area (Å²) in [5.41, 5.74) is 0. The van der Waals surface area contributed by atoms with Crippen LogP contribution in [0.3, 0.4) is 0 Å². The van der Waals surface area contributed by atoms with E-state index < -0.39 is 0 Å². The molecule has 5 heterocycles. The van der Waals surface area contributed by atoms with Crippen LogP contribution in [0.5, 0.6) is 0 Å². The van der Waals surface area contributed by atoms with Crippen LogP contribution < -0.4 is 25.3 Å². The first kappa shape index (κ1) is 19.1. The topological polar surface area (TPSA) is 76.6 Å². The van der Waals surface area contributed by atoms with Gasteiger partial charge in [0.05, 0.1) is 6.04 Å². The largest absolute Gasteiger partial charge is 0.356 e. The van der Waals surface area contributed by atoms with Crippen molar-refractivity contribution in [2.75, 3.05) is 67.1 Å². The van der Waals surface area contributed by atoms with Gasteiger partial charge in [-0.2, -0.15) is 9.97 Å². The van der Waals surface area contributed by atoms with Crippen LogP contribution in [0.1, 0.15) is 38.5 Å². The minimum absolute atomic E-state index is 0.0136. The van der Waals surface area contributed by atoms with Crippen molar-refractivity contribution in [2.45, 2.75) is 50.6 Å². The molecule has 0 aromatic carbocycles. The van der Waals surface area contributed by atoms with E-state index in [0.717, 1.165) is 76.2 Å². The highest BCUT2D eigenvalue weighted by atomic mass is 16.1. The van der Waals surface area contributed by atoms with E-state index in [1.54, 1.807) is 0 Å². The highest BCUT2D eigenvalue weighted by Crippen LogP contribution is 2.29. The molecule has 158 valence electrons. The first-order valence-corrected chi connectivity index (χ1v) is 11.4. The van der Waals surface area contributed by atoms with E-state index >= 15 is 0 Å². The number of anilines is 3. The molecule has 2 N–H and O–H groups in total. The van der Waals surface area contributed by atoms with Crippen LogP contribution >= 0.6 is 0 Å². The van der Waals surface area contributed by atoms with Crippen molar-refractivity contribution in [3.8, 4) is 0 Å². The second kappa shape index (κ2) is 8.44. The van der Waals surface area contributed by atoms with Crippen LogP contribution in [0.25, 0.3) is 0 Å². The van der Waals surface area contributed by atoms with E-state index in [2.05, 4.69) is 31.4 Å². The smallest absolute Gasteiger partial charge is 0.229 e. The lowest BCUT2D eigenvalue weighted by atomic mass is 10.0. The second-order valence-electron chi connectivity index (χ2n) is 8.74. The van der Waals surface area contributed by atoms with Crippen LogP contribution in [0, 0.1) is 0 Å². The molecule has 8 nitrogen and oxygen atoms in total. The first-order valence-electron chi connectivity index (χ1n) is 11.4. The van der Waals surface area contributed by atoms with Crippen LogP contribution in [-0.4, -0.2) is 80.2 Å². The number of nitrogens with zero attached hydrogens (tertiary/aromatic N) is 5. The Hall–Kier alpha value is -1.93. The van der Waals surface area contributed by atoms with E-state index in [9.17, 15) is 4.79 Å².